The van der Waals surface area contributed by atoms with E-state index >= 15 is 0 Å². The van der Waals surface area contributed by atoms with E-state index < -0.39 is 23.6 Å². The fourth-order valence-electron chi connectivity index (χ4n) is 2.44. The molecule has 1 aliphatic carbocycles. The van der Waals surface area contributed by atoms with Crippen molar-refractivity contribution in [3.63, 3.8) is 0 Å². The highest BCUT2D eigenvalue weighted by Gasteiger charge is 2.37. The smallest absolute Gasteiger partial charge is 0.315 e. The fourth-order valence-corrected chi connectivity index (χ4v) is 2.44. The summed E-state index contributed by atoms with van der Waals surface area (Å²) in [6.07, 6.45) is 3.02. The molecule has 0 aromatic carbocycles. The summed E-state index contributed by atoms with van der Waals surface area (Å²) >= 11 is 0. The van der Waals surface area contributed by atoms with E-state index in [9.17, 15) is 14.4 Å². The number of carboxylic acid groups (broad SMARTS) is 1. The number of carbonyl (C=O) groups is 3. The van der Waals surface area contributed by atoms with Crippen LogP contribution in [0.3, 0.4) is 0 Å². The molecule has 0 spiro atoms. The van der Waals surface area contributed by atoms with Crippen LogP contribution in [0.4, 0.5) is 4.79 Å². The van der Waals surface area contributed by atoms with Gasteiger partial charge in [-0.3, -0.25) is 9.59 Å². The molecule has 1 unspecified atom stereocenters. The van der Waals surface area contributed by atoms with Gasteiger partial charge in [0.15, 0.2) is 0 Å². The maximum absolute atomic E-state index is 11.8. The normalized spacial score (nSPS) is 18.4. The number of amides is 3. The highest BCUT2D eigenvalue weighted by molar-refractivity contribution is 5.86. The summed E-state index contributed by atoms with van der Waals surface area (Å²) < 4.78 is 0. The number of likely N-dealkylation sites (N-methyl/N-ethyl adjacent to an activating group) is 1. The second-order valence-electron chi connectivity index (χ2n) is 4.99. The Balaban J connectivity index is 2.57. The average molecular weight is 271 g/mol. The van der Waals surface area contributed by atoms with E-state index in [1.165, 1.54) is 7.05 Å². The second-order valence-corrected chi connectivity index (χ2v) is 4.99. The molecule has 0 radical (unpaired) electrons. The predicted molar refractivity (Wildman–Crippen MR) is 68.6 cm³/mol. The summed E-state index contributed by atoms with van der Waals surface area (Å²) in [6, 6.07) is -1.16. The molecule has 0 bridgehead atoms. The van der Waals surface area contributed by atoms with Crippen molar-refractivity contribution < 1.29 is 19.5 Å². The van der Waals surface area contributed by atoms with Crippen LogP contribution in [-0.4, -0.2) is 41.6 Å². The van der Waals surface area contributed by atoms with Gasteiger partial charge in [0.1, 0.15) is 6.04 Å². The lowest BCUT2D eigenvalue weighted by molar-refractivity contribution is -0.138. The van der Waals surface area contributed by atoms with Gasteiger partial charge >= 0.3 is 12.0 Å². The third-order valence-corrected chi connectivity index (χ3v) is 3.42. The molecule has 1 fully saturated rings. The number of aliphatic carboxylic acids is 1. The minimum absolute atomic E-state index is 0.0885. The van der Waals surface area contributed by atoms with Gasteiger partial charge in [-0.1, -0.05) is 12.8 Å². The maximum Gasteiger partial charge on any atom is 0.315 e. The van der Waals surface area contributed by atoms with E-state index in [1.54, 1.807) is 6.92 Å². The Kier molecular flexibility index (Phi) is 5.14. The molecule has 3 amide bonds. The highest BCUT2D eigenvalue weighted by atomic mass is 16.4. The van der Waals surface area contributed by atoms with Crippen LogP contribution in [0.2, 0.25) is 0 Å². The first kappa shape index (κ1) is 15.3. The Morgan fingerprint density at radius 1 is 1.26 bits per heavy atom. The molecule has 1 aliphatic rings. The van der Waals surface area contributed by atoms with Crippen molar-refractivity contribution in [3.8, 4) is 0 Å². The molecule has 1 atom stereocenters. The number of urea groups is 1. The van der Waals surface area contributed by atoms with Crippen LogP contribution in [-0.2, 0) is 9.59 Å². The monoisotopic (exact) mass is 271 g/mol. The molecule has 0 heterocycles. The van der Waals surface area contributed by atoms with Gasteiger partial charge in [0, 0.05) is 7.05 Å². The maximum atomic E-state index is 11.8. The summed E-state index contributed by atoms with van der Waals surface area (Å²) in [5.41, 5.74) is -0.682. The molecule has 1 saturated carbocycles. The third kappa shape index (κ3) is 4.42. The molecular weight excluding hydrogens is 250 g/mol. The summed E-state index contributed by atoms with van der Waals surface area (Å²) in [5, 5.41) is 16.6. The summed E-state index contributed by atoms with van der Waals surface area (Å²) in [5.74, 6) is -1.23. The van der Waals surface area contributed by atoms with Gasteiger partial charge in [0.25, 0.3) is 0 Å². The molecule has 7 heteroatoms. The zero-order chi connectivity index (χ0) is 14.5. The lowest BCUT2D eigenvalue weighted by Gasteiger charge is -2.29. The number of carbonyl (C=O) groups excluding carboxylic acids is 2. The van der Waals surface area contributed by atoms with Crippen molar-refractivity contribution >= 4 is 17.9 Å². The SMILES string of the molecule is CNC(=O)C(C)NC(=O)NC1(CC(=O)O)CCCC1. The van der Waals surface area contributed by atoms with Gasteiger partial charge in [-0.05, 0) is 19.8 Å². The number of hydrogen-bond acceptors (Lipinski definition) is 3. The van der Waals surface area contributed by atoms with E-state index in [4.69, 9.17) is 5.11 Å². The van der Waals surface area contributed by atoms with Gasteiger partial charge < -0.3 is 21.1 Å². The first-order valence-electron chi connectivity index (χ1n) is 6.40. The quantitative estimate of drug-likeness (QED) is 0.573. The van der Waals surface area contributed by atoms with Crippen molar-refractivity contribution in [1.82, 2.24) is 16.0 Å². The number of hydrogen-bond donors (Lipinski definition) is 4. The van der Waals surface area contributed by atoms with Crippen molar-refractivity contribution in [3.05, 3.63) is 0 Å². The summed E-state index contributed by atoms with van der Waals surface area (Å²) in [4.78, 5) is 34.0. The Labute approximate surface area is 112 Å². The Bertz CT molecular complexity index is 364. The molecule has 4 N–H and O–H groups in total. The lowest BCUT2D eigenvalue weighted by Crippen LogP contribution is -2.55. The van der Waals surface area contributed by atoms with E-state index in [-0.39, 0.29) is 12.3 Å². The summed E-state index contributed by atoms with van der Waals surface area (Å²) in [6.45, 7) is 1.57. The standard InChI is InChI=1S/C12H21N3O4/c1-8(10(18)13-2)14-11(19)15-12(7-9(16)17)5-3-4-6-12/h8H,3-7H2,1-2H3,(H,13,18)(H,16,17)(H2,14,15,19). The van der Waals surface area contributed by atoms with Crippen LogP contribution >= 0.6 is 0 Å². The van der Waals surface area contributed by atoms with E-state index in [0.29, 0.717) is 12.8 Å². The van der Waals surface area contributed by atoms with Crippen LogP contribution in [0.15, 0.2) is 0 Å². The fraction of sp³-hybridized carbons (Fsp3) is 0.750. The van der Waals surface area contributed by atoms with Crippen LogP contribution in [0.5, 0.6) is 0 Å². The van der Waals surface area contributed by atoms with Gasteiger partial charge in [-0.15, -0.1) is 0 Å². The zero-order valence-electron chi connectivity index (χ0n) is 11.3. The molecule has 0 aromatic heterocycles. The summed E-state index contributed by atoms with van der Waals surface area (Å²) in [7, 11) is 1.49. The minimum atomic E-state index is -0.929. The molecule has 7 nitrogen and oxygen atoms in total. The number of rotatable bonds is 5. The average Bonchev–Trinajstić information content (AvgIpc) is 2.74. The van der Waals surface area contributed by atoms with E-state index in [2.05, 4.69) is 16.0 Å². The Morgan fingerprint density at radius 3 is 2.32 bits per heavy atom. The molecule has 19 heavy (non-hydrogen) atoms. The first-order valence-corrected chi connectivity index (χ1v) is 6.40. The molecule has 0 saturated heterocycles. The van der Waals surface area contributed by atoms with Crippen molar-refractivity contribution in [2.75, 3.05) is 7.05 Å². The minimum Gasteiger partial charge on any atom is -0.481 e. The van der Waals surface area contributed by atoms with E-state index in [0.717, 1.165) is 12.8 Å². The van der Waals surface area contributed by atoms with Crippen molar-refractivity contribution in [2.24, 2.45) is 0 Å². The molecule has 0 aliphatic heterocycles. The Morgan fingerprint density at radius 2 is 1.84 bits per heavy atom. The van der Waals surface area contributed by atoms with Gasteiger partial charge in [0.2, 0.25) is 5.91 Å². The second kappa shape index (κ2) is 6.40. The topological polar surface area (TPSA) is 108 Å². The van der Waals surface area contributed by atoms with Crippen LogP contribution < -0.4 is 16.0 Å². The highest BCUT2D eigenvalue weighted by Crippen LogP contribution is 2.32. The Hall–Kier alpha value is -1.79. The van der Waals surface area contributed by atoms with E-state index in [1.807, 2.05) is 0 Å². The molecule has 1 rings (SSSR count). The lowest BCUT2D eigenvalue weighted by atomic mass is 9.93. The number of nitrogens with one attached hydrogen (secondary N) is 3. The van der Waals surface area contributed by atoms with Crippen LogP contribution in [0, 0.1) is 0 Å². The predicted octanol–water partition coefficient (Wildman–Crippen LogP) is 0.208. The van der Waals surface area contributed by atoms with Gasteiger partial charge in [0.05, 0.1) is 12.0 Å². The number of carboxylic acids is 1. The largest absolute Gasteiger partial charge is 0.481 e. The van der Waals surface area contributed by atoms with Crippen molar-refractivity contribution in [2.45, 2.75) is 50.6 Å². The van der Waals surface area contributed by atoms with Gasteiger partial charge in [-0.25, -0.2) is 4.79 Å². The zero-order valence-corrected chi connectivity index (χ0v) is 11.3. The van der Waals surface area contributed by atoms with Crippen molar-refractivity contribution in [1.29, 1.82) is 0 Å². The van der Waals surface area contributed by atoms with Crippen LogP contribution in [0.1, 0.15) is 39.0 Å². The molecule has 108 valence electrons. The molecular formula is C12H21N3O4. The molecule has 0 aromatic rings. The third-order valence-electron chi connectivity index (χ3n) is 3.42. The van der Waals surface area contributed by atoms with Gasteiger partial charge in [-0.2, -0.15) is 0 Å². The van der Waals surface area contributed by atoms with Crippen LogP contribution in [0.25, 0.3) is 0 Å². The first-order chi connectivity index (χ1) is 8.88.